The third-order valence-corrected chi connectivity index (χ3v) is 5.65. The summed E-state index contributed by atoms with van der Waals surface area (Å²) in [5.74, 6) is 1.54. The molecule has 0 amide bonds. The average molecular weight is 413 g/mol. The summed E-state index contributed by atoms with van der Waals surface area (Å²) in [7, 11) is 0. The van der Waals surface area contributed by atoms with Gasteiger partial charge >= 0.3 is 0 Å². The number of anilines is 2. The van der Waals surface area contributed by atoms with Gasteiger partial charge in [-0.05, 0) is 18.6 Å². The van der Waals surface area contributed by atoms with E-state index in [0.29, 0.717) is 17.0 Å². The van der Waals surface area contributed by atoms with Crippen LogP contribution in [0.1, 0.15) is 12.6 Å². The summed E-state index contributed by atoms with van der Waals surface area (Å²) in [6, 6.07) is 6.04. The van der Waals surface area contributed by atoms with Crippen molar-refractivity contribution >= 4 is 22.8 Å². The van der Waals surface area contributed by atoms with Crippen molar-refractivity contribution in [3.05, 3.63) is 37.1 Å². The second kappa shape index (κ2) is 7.76. The van der Waals surface area contributed by atoms with Gasteiger partial charge in [-0.25, -0.2) is 19.9 Å². The molecular formula is C19H23N7O4. The van der Waals surface area contributed by atoms with E-state index in [4.69, 9.17) is 4.74 Å². The fourth-order valence-corrected chi connectivity index (χ4v) is 4.07. The number of pyridine rings is 1. The molecule has 2 aliphatic rings. The zero-order valence-corrected chi connectivity index (χ0v) is 16.1. The molecular weight excluding hydrogens is 390 g/mol. The van der Waals surface area contributed by atoms with Crippen molar-refractivity contribution in [2.45, 2.75) is 37.0 Å². The number of hydrogen-bond donors (Lipinski definition) is 4. The fourth-order valence-electron chi connectivity index (χ4n) is 4.07. The highest BCUT2D eigenvalue weighted by Gasteiger charge is 2.44. The second-order valence-corrected chi connectivity index (χ2v) is 7.54. The summed E-state index contributed by atoms with van der Waals surface area (Å²) in [5.41, 5.74) is 1.02. The van der Waals surface area contributed by atoms with E-state index in [1.807, 2.05) is 18.2 Å². The largest absolute Gasteiger partial charge is 0.394 e. The van der Waals surface area contributed by atoms with E-state index in [9.17, 15) is 15.3 Å². The van der Waals surface area contributed by atoms with Crippen molar-refractivity contribution in [3.63, 3.8) is 0 Å². The first kappa shape index (κ1) is 19.1. The van der Waals surface area contributed by atoms with Gasteiger partial charge in [0.1, 0.15) is 30.5 Å². The Morgan fingerprint density at radius 2 is 2.03 bits per heavy atom. The lowest BCUT2D eigenvalue weighted by molar-refractivity contribution is -0.0511. The van der Waals surface area contributed by atoms with Gasteiger partial charge < -0.3 is 30.3 Å². The van der Waals surface area contributed by atoms with Crippen molar-refractivity contribution in [2.24, 2.45) is 0 Å². The minimum Gasteiger partial charge on any atom is -0.394 e. The van der Waals surface area contributed by atoms with Gasteiger partial charge in [0.15, 0.2) is 23.2 Å². The second-order valence-electron chi connectivity index (χ2n) is 7.54. The van der Waals surface area contributed by atoms with Crippen LogP contribution in [0.15, 0.2) is 37.1 Å². The standard InChI is InChI=1S/C19H23N7O4/c27-8-12-15(28)16(29)19(30-12)26-10-23-14-17(21-9-22-18(14)26)24-11-4-6-25(7-11)13-3-1-2-5-20-13/h1-3,5,9-12,15-16,19,27-29H,4,6-8H2,(H,21,22,24)/t11-,12+,15+,16+,19+/m0/s1. The summed E-state index contributed by atoms with van der Waals surface area (Å²) < 4.78 is 7.16. The minimum absolute atomic E-state index is 0.171. The first-order valence-corrected chi connectivity index (χ1v) is 9.88. The molecule has 5 atom stereocenters. The smallest absolute Gasteiger partial charge is 0.167 e. The maximum atomic E-state index is 10.3. The van der Waals surface area contributed by atoms with E-state index >= 15 is 0 Å². The van der Waals surface area contributed by atoms with Gasteiger partial charge in [0.25, 0.3) is 0 Å². The maximum Gasteiger partial charge on any atom is 0.167 e. The van der Waals surface area contributed by atoms with Crippen molar-refractivity contribution in [1.29, 1.82) is 0 Å². The zero-order valence-electron chi connectivity index (χ0n) is 16.1. The van der Waals surface area contributed by atoms with Gasteiger partial charge in [0.05, 0.1) is 12.9 Å². The number of rotatable bonds is 5. The van der Waals surface area contributed by atoms with E-state index in [0.717, 1.165) is 25.3 Å². The molecule has 11 nitrogen and oxygen atoms in total. The molecule has 2 fully saturated rings. The van der Waals surface area contributed by atoms with Crippen LogP contribution in [-0.4, -0.2) is 83.9 Å². The van der Waals surface area contributed by atoms with Crippen LogP contribution in [0.3, 0.4) is 0 Å². The first-order chi connectivity index (χ1) is 14.7. The molecule has 3 aromatic heterocycles. The Bertz CT molecular complexity index is 1020. The molecule has 158 valence electrons. The summed E-state index contributed by atoms with van der Waals surface area (Å²) in [4.78, 5) is 19.7. The van der Waals surface area contributed by atoms with Crippen molar-refractivity contribution < 1.29 is 20.1 Å². The number of ether oxygens (including phenoxy) is 1. The van der Waals surface area contributed by atoms with Crippen LogP contribution in [0.5, 0.6) is 0 Å². The highest BCUT2D eigenvalue weighted by molar-refractivity contribution is 5.83. The third-order valence-electron chi connectivity index (χ3n) is 5.65. The van der Waals surface area contributed by atoms with Gasteiger partial charge in [-0.3, -0.25) is 4.57 Å². The number of hydrogen-bond acceptors (Lipinski definition) is 10. The molecule has 3 aromatic rings. The highest BCUT2D eigenvalue weighted by Crippen LogP contribution is 2.32. The Balaban J connectivity index is 1.36. The van der Waals surface area contributed by atoms with Crippen molar-refractivity contribution in [1.82, 2.24) is 24.5 Å². The van der Waals surface area contributed by atoms with Gasteiger partial charge in [-0.1, -0.05) is 6.07 Å². The van der Waals surface area contributed by atoms with Crippen LogP contribution >= 0.6 is 0 Å². The summed E-state index contributed by atoms with van der Waals surface area (Å²) in [6.45, 7) is 1.29. The van der Waals surface area contributed by atoms with E-state index in [1.54, 1.807) is 10.8 Å². The molecule has 4 N–H and O–H groups in total. The highest BCUT2D eigenvalue weighted by atomic mass is 16.6. The molecule has 11 heteroatoms. The first-order valence-electron chi connectivity index (χ1n) is 9.88. The Hall–Kier alpha value is -2.86. The predicted molar refractivity (Wildman–Crippen MR) is 107 cm³/mol. The molecule has 0 spiro atoms. The van der Waals surface area contributed by atoms with Gasteiger partial charge in [0.2, 0.25) is 0 Å². The minimum atomic E-state index is -1.20. The number of aliphatic hydroxyl groups is 3. The maximum absolute atomic E-state index is 10.3. The molecule has 0 aliphatic carbocycles. The molecule has 30 heavy (non-hydrogen) atoms. The molecule has 2 aliphatic heterocycles. The zero-order chi connectivity index (χ0) is 20.7. The van der Waals surface area contributed by atoms with Crippen LogP contribution in [0, 0.1) is 0 Å². The number of aromatic nitrogens is 5. The Morgan fingerprint density at radius 1 is 1.13 bits per heavy atom. The Kier molecular flexibility index (Phi) is 4.95. The Morgan fingerprint density at radius 3 is 2.80 bits per heavy atom. The van der Waals surface area contributed by atoms with E-state index < -0.39 is 31.1 Å². The molecule has 0 aromatic carbocycles. The molecule has 0 bridgehead atoms. The van der Waals surface area contributed by atoms with Crippen LogP contribution in [0.2, 0.25) is 0 Å². The lowest BCUT2D eigenvalue weighted by Gasteiger charge is -2.18. The van der Waals surface area contributed by atoms with E-state index in [1.165, 1.54) is 12.7 Å². The van der Waals surface area contributed by atoms with Crippen molar-refractivity contribution in [3.8, 4) is 0 Å². The lowest BCUT2D eigenvalue weighted by atomic mass is 10.1. The molecule has 0 unspecified atom stereocenters. The number of aliphatic hydroxyl groups excluding tert-OH is 3. The van der Waals surface area contributed by atoms with Crippen molar-refractivity contribution in [2.75, 3.05) is 29.9 Å². The SMILES string of the molecule is OC[C@H]1O[C@@H](n2cnc3c(N[C@H]4CCN(c5ccccn5)C4)ncnc32)[C@H](O)[C@@H]1O. The molecule has 0 radical (unpaired) electrons. The molecule has 2 saturated heterocycles. The monoisotopic (exact) mass is 413 g/mol. The topological polar surface area (TPSA) is 142 Å². The van der Waals surface area contributed by atoms with Crippen LogP contribution in [-0.2, 0) is 4.74 Å². The normalized spacial score (nSPS) is 29.0. The lowest BCUT2D eigenvalue weighted by Crippen LogP contribution is -2.33. The number of nitrogens with one attached hydrogen (secondary N) is 1. The van der Waals surface area contributed by atoms with Gasteiger partial charge in [-0.2, -0.15) is 0 Å². The molecule has 0 saturated carbocycles. The Labute approximate surface area is 172 Å². The number of nitrogens with zero attached hydrogens (tertiary/aromatic N) is 6. The van der Waals surface area contributed by atoms with Crippen LogP contribution in [0.25, 0.3) is 11.2 Å². The van der Waals surface area contributed by atoms with Gasteiger partial charge in [-0.15, -0.1) is 0 Å². The average Bonchev–Trinajstić information content (AvgIpc) is 3.48. The quantitative estimate of drug-likeness (QED) is 0.433. The fraction of sp³-hybridized carbons (Fsp3) is 0.474. The number of imidazole rings is 1. The van der Waals surface area contributed by atoms with E-state index in [-0.39, 0.29) is 6.04 Å². The molecule has 5 rings (SSSR count). The van der Waals surface area contributed by atoms with Crippen LogP contribution in [0.4, 0.5) is 11.6 Å². The predicted octanol–water partition coefficient (Wildman–Crippen LogP) is -0.476. The summed E-state index contributed by atoms with van der Waals surface area (Å²) in [5, 5.41) is 33.1. The van der Waals surface area contributed by atoms with E-state index in [2.05, 4.69) is 30.2 Å². The summed E-state index contributed by atoms with van der Waals surface area (Å²) in [6.07, 6.45) is 1.50. The third kappa shape index (κ3) is 3.25. The number of fused-ring (bicyclic) bond motifs is 1. The summed E-state index contributed by atoms with van der Waals surface area (Å²) >= 11 is 0. The van der Waals surface area contributed by atoms with Gasteiger partial charge in [0, 0.05) is 25.3 Å². The van der Waals surface area contributed by atoms with Crippen LogP contribution < -0.4 is 10.2 Å². The molecule has 5 heterocycles.